The van der Waals surface area contributed by atoms with E-state index in [0.29, 0.717) is 34.9 Å². The maximum absolute atomic E-state index is 12.3. The van der Waals surface area contributed by atoms with Crippen LogP contribution in [-0.2, 0) is 9.53 Å². The van der Waals surface area contributed by atoms with Gasteiger partial charge in [-0.05, 0) is 24.5 Å². The van der Waals surface area contributed by atoms with Crippen LogP contribution in [0.5, 0.6) is 5.75 Å². The Morgan fingerprint density at radius 1 is 1.27 bits per heavy atom. The van der Waals surface area contributed by atoms with Crippen LogP contribution in [0, 0.1) is 12.3 Å². The monoisotopic (exact) mass is 322 g/mol. The van der Waals surface area contributed by atoms with Gasteiger partial charge < -0.3 is 9.47 Å². The summed E-state index contributed by atoms with van der Waals surface area (Å²) in [5.41, 5.74) is 0.727. The Morgan fingerprint density at radius 2 is 1.95 bits per heavy atom. The standard InChI is InChI=1S/C17H19ClO4/c1-10-14(21-4)6-5-13(15(10)18)16(20)22-12-7-11(19)8-17(2,3)9-12/h5-7H,8-9H2,1-4H3. The van der Waals surface area contributed by atoms with E-state index in [1.54, 1.807) is 19.1 Å². The van der Waals surface area contributed by atoms with Gasteiger partial charge in [0.25, 0.3) is 0 Å². The topological polar surface area (TPSA) is 52.6 Å². The Labute approximate surface area is 135 Å². The zero-order valence-corrected chi connectivity index (χ0v) is 13.9. The van der Waals surface area contributed by atoms with E-state index in [9.17, 15) is 9.59 Å². The average Bonchev–Trinajstić information content (AvgIpc) is 2.39. The van der Waals surface area contributed by atoms with Gasteiger partial charge in [-0.15, -0.1) is 0 Å². The third-order valence-electron chi connectivity index (χ3n) is 3.63. The molecule has 0 amide bonds. The summed E-state index contributed by atoms with van der Waals surface area (Å²) in [5, 5.41) is 0.298. The quantitative estimate of drug-likeness (QED) is 0.787. The number of ketones is 1. The molecule has 4 nitrogen and oxygen atoms in total. The summed E-state index contributed by atoms with van der Waals surface area (Å²) in [6, 6.07) is 3.23. The second-order valence-electron chi connectivity index (χ2n) is 6.24. The van der Waals surface area contributed by atoms with Crippen LogP contribution >= 0.6 is 11.6 Å². The van der Waals surface area contributed by atoms with Crippen LogP contribution in [0.25, 0.3) is 0 Å². The third kappa shape index (κ3) is 3.50. The van der Waals surface area contributed by atoms with Crippen molar-refractivity contribution >= 4 is 23.4 Å². The van der Waals surface area contributed by atoms with Crippen molar-refractivity contribution in [2.45, 2.75) is 33.6 Å². The maximum Gasteiger partial charge on any atom is 0.344 e. The Balaban J connectivity index is 2.23. The van der Waals surface area contributed by atoms with Crippen LogP contribution in [0.4, 0.5) is 0 Å². The molecule has 0 fully saturated rings. The number of hydrogen-bond acceptors (Lipinski definition) is 4. The minimum Gasteiger partial charge on any atom is -0.496 e. The van der Waals surface area contributed by atoms with Crippen molar-refractivity contribution in [2.24, 2.45) is 5.41 Å². The molecule has 0 bridgehead atoms. The molecule has 0 heterocycles. The van der Waals surface area contributed by atoms with Gasteiger partial charge in [0.05, 0.1) is 17.7 Å². The Kier molecular flexibility index (Phi) is 4.61. The second-order valence-corrected chi connectivity index (χ2v) is 6.62. The van der Waals surface area contributed by atoms with E-state index in [2.05, 4.69) is 0 Å². The Bertz CT molecular complexity index is 659. The van der Waals surface area contributed by atoms with Gasteiger partial charge in [-0.25, -0.2) is 4.79 Å². The highest BCUT2D eigenvalue weighted by atomic mass is 35.5. The van der Waals surface area contributed by atoms with Gasteiger partial charge in [0, 0.05) is 24.5 Å². The lowest BCUT2D eigenvalue weighted by atomic mass is 9.79. The van der Waals surface area contributed by atoms with E-state index in [-0.39, 0.29) is 16.8 Å². The van der Waals surface area contributed by atoms with Gasteiger partial charge in [0.2, 0.25) is 0 Å². The maximum atomic E-state index is 12.3. The summed E-state index contributed by atoms with van der Waals surface area (Å²) >= 11 is 6.21. The highest BCUT2D eigenvalue weighted by molar-refractivity contribution is 6.34. The highest BCUT2D eigenvalue weighted by Gasteiger charge is 2.30. The van der Waals surface area contributed by atoms with Gasteiger partial charge in [-0.1, -0.05) is 25.4 Å². The lowest BCUT2D eigenvalue weighted by Crippen LogP contribution is -2.23. The third-order valence-corrected chi connectivity index (χ3v) is 4.11. The smallest absolute Gasteiger partial charge is 0.344 e. The summed E-state index contributed by atoms with van der Waals surface area (Å²) in [6.45, 7) is 5.71. The van der Waals surface area contributed by atoms with Crippen LogP contribution in [0.3, 0.4) is 0 Å². The lowest BCUT2D eigenvalue weighted by molar-refractivity contribution is -0.117. The SMILES string of the molecule is COc1ccc(C(=O)OC2=CC(=O)CC(C)(C)C2)c(Cl)c1C. The molecule has 0 N–H and O–H groups in total. The average molecular weight is 323 g/mol. The van der Waals surface area contributed by atoms with Gasteiger partial charge in [-0.2, -0.15) is 0 Å². The number of rotatable bonds is 3. The van der Waals surface area contributed by atoms with Crippen LogP contribution in [-0.4, -0.2) is 18.9 Å². The van der Waals surface area contributed by atoms with Crippen LogP contribution in [0.15, 0.2) is 24.0 Å². The number of allylic oxidation sites excluding steroid dienone is 2. The number of halogens is 1. The fraction of sp³-hybridized carbons (Fsp3) is 0.412. The summed E-state index contributed by atoms with van der Waals surface area (Å²) in [5.74, 6) is 0.397. The van der Waals surface area contributed by atoms with E-state index in [0.717, 1.165) is 0 Å². The Hall–Kier alpha value is -1.81. The second kappa shape index (κ2) is 6.13. The molecular weight excluding hydrogens is 304 g/mol. The first-order chi connectivity index (χ1) is 10.2. The molecule has 0 unspecified atom stereocenters. The molecule has 1 aliphatic rings. The molecule has 2 rings (SSSR count). The first-order valence-electron chi connectivity index (χ1n) is 7.02. The fourth-order valence-electron chi connectivity index (χ4n) is 2.57. The molecular formula is C17H19ClO4. The van der Waals surface area contributed by atoms with Gasteiger partial charge in [-0.3, -0.25) is 4.79 Å². The van der Waals surface area contributed by atoms with Crippen molar-refractivity contribution in [2.75, 3.05) is 7.11 Å². The minimum absolute atomic E-state index is 0.0314. The van der Waals surface area contributed by atoms with Crippen molar-refractivity contribution in [1.29, 1.82) is 0 Å². The summed E-state index contributed by atoms with van der Waals surface area (Å²) < 4.78 is 10.5. The number of hydrogen-bond donors (Lipinski definition) is 0. The van der Waals surface area contributed by atoms with E-state index in [1.165, 1.54) is 13.2 Å². The van der Waals surface area contributed by atoms with E-state index < -0.39 is 5.97 Å². The number of carbonyl (C=O) groups is 2. The van der Waals surface area contributed by atoms with Crippen molar-refractivity contribution in [3.05, 3.63) is 40.1 Å². The number of methoxy groups -OCH3 is 1. The zero-order chi connectivity index (χ0) is 16.5. The molecule has 0 aliphatic heterocycles. The van der Waals surface area contributed by atoms with Crippen LogP contribution in [0.2, 0.25) is 5.02 Å². The first-order valence-corrected chi connectivity index (χ1v) is 7.40. The van der Waals surface area contributed by atoms with E-state index >= 15 is 0 Å². The molecule has 0 saturated carbocycles. The molecule has 1 aliphatic carbocycles. The van der Waals surface area contributed by atoms with Crippen molar-refractivity contribution in [3.63, 3.8) is 0 Å². The predicted octanol–water partition coefficient (Wildman–Crippen LogP) is 4.09. The molecule has 0 radical (unpaired) electrons. The zero-order valence-electron chi connectivity index (χ0n) is 13.2. The van der Waals surface area contributed by atoms with Gasteiger partial charge >= 0.3 is 5.97 Å². The fourth-order valence-corrected chi connectivity index (χ4v) is 2.81. The van der Waals surface area contributed by atoms with Crippen molar-refractivity contribution in [1.82, 2.24) is 0 Å². The summed E-state index contributed by atoms with van der Waals surface area (Å²) in [4.78, 5) is 24.0. The van der Waals surface area contributed by atoms with Crippen LogP contribution < -0.4 is 4.74 Å². The summed E-state index contributed by atoms with van der Waals surface area (Å²) in [6.07, 6.45) is 2.39. The predicted molar refractivity (Wildman–Crippen MR) is 84.3 cm³/mol. The molecule has 22 heavy (non-hydrogen) atoms. The Morgan fingerprint density at radius 3 is 2.55 bits per heavy atom. The first kappa shape index (κ1) is 16.6. The van der Waals surface area contributed by atoms with Gasteiger partial charge in [0.1, 0.15) is 11.5 Å². The molecule has 0 saturated heterocycles. The summed E-state index contributed by atoms with van der Waals surface area (Å²) in [7, 11) is 1.54. The number of benzene rings is 1. The lowest BCUT2D eigenvalue weighted by Gasteiger charge is -2.28. The highest BCUT2D eigenvalue weighted by Crippen LogP contribution is 2.35. The van der Waals surface area contributed by atoms with E-state index in [1.807, 2.05) is 13.8 Å². The molecule has 1 aromatic carbocycles. The minimum atomic E-state index is -0.562. The van der Waals surface area contributed by atoms with E-state index in [4.69, 9.17) is 21.1 Å². The van der Waals surface area contributed by atoms with Crippen molar-refractivity contribution in [3.8, 4) is 5.75 Å². The molecule has 1 aromatic rings. The number of carbonyl (C=O) groups excluding carboxylic acids is 2. The number of esters is 1. The van der Waals surface area contributed by atoms with Crippen LogP contribution in [0.1, 0.15) is 42.6 Å². The molecule has 0 spiro atoms. The molecule has 0 aromatic heterocycles. The normalized spacial score (nSPS) is 17.0. The van der Waals surface area contributed by atoms with Crippen molar-refractivity contribution < 1.29 is 19.1 Å². The molecule has 5 heteroatoms. The number of ether oxygens (including phenoxy) is 2. The van der Waals surface area contributed by atoms with Gasteiger partial charge in [0.15, 0.2) is 5.78 Å². The molecule has 0 atom stereocenters. The largest absolute Gasteiger partial charge is 0.496 e. The molecule has 118 valence electrons.